The van der Waals surface area contributed by atoms with Gasteiger partial charge in [0.1, 0.15) is 0 Å². The molecule has 0 aliphatic heterocycles. The molecule has 0 aliphatic rings. The molecule has 1 atom stereocenters. The molecular weight excluding hydrogens is 398 g/mol. The summed E-state index contributed by atoms with van der Waals surface area (Å²) < 4.78 is 46.7. The van der Waals surface area contributed by atoms with E-state index >= 15 is 0 Å². The van der Waals surface area contributed by atoms with E-state index in [4.69, 9.17) is 0 Å². The summed E-state index contributed by atoms with van der Waals surface area (Å²) in [5.74, 6) is -2.72. The van der Waals surface area contributed by atoms with Gasteiger partial charge in [-0.3, -0.25) is 9.40 Å². The number of anilines is 1. The van der Waals surface area contributed by atoms with Gasteiger partial charge in [-0.25, -0.2) is 22.7 Å². The van der Waals surface area contributed by atoms with Gasteiger partial charge in [-0.2, -0.15) is 10.2 Å². The summed E-state index contributed by atoms with van der Waals surface area (Å²) in [6.45, 7) is 1.42. The van der Waals surface area contributed by atoms with Crippen LogP contribution in [0.5, 0.6) is 0 Å². The zero-order valence-electron chi connectivity index (χ0n) is 15.7. The molecule has 7 nitrogen and oxygen atoms in total. The molecule has 3 aromatic heterocycles. The maximum Gasteiger partial charge on any atom is 0.273 e. The first-order valence-corrected chi connectivity index (χ1v) is 10.0. The zero-order chi connectivity index (χ0) is 20.6. The van der Waals surface area contributed by atoms with Crippen LogP contribution < -0.4 is 4.72 Å². The molecule has 1 N–H and O–H groups in total. The molecule has 0 saturated carbocycles. The van der Waals surface area contributed by atoms with Gasteiger partial charge < -0.3 is 0 Å². The second-order valence-electron chi connectivity index (χ2n) is 6.46. The predicted molar refractivity (Wildman–Crippen MR) is 106 cm³/mol. The summed E-state index contributed by atoms with van der Waals surface area (Å²) in [5, 5.41) is 9.25. The van der Waals surface area contributed by atoms with Crippen molar-refractivity contribution >= 4 is 27.6 Å². The Morgan fingerprint density at radius 3 is 2.83 bits per heavy atom. The van der Waals surface area contributed by atoms with E-state index in [-0.39, 0.29) is 17.8 Å². The number of aryl methyl sites for hydroxylation is 1. The van der Waals surface area contributed by atoms with Crippen molar-refractivity contribution in [2.24, 2.45) is 7.05 Å². The summed E-state index contributed by atoms with van der Waals surface area (Å²) in [6.07, 6.45) is 5.65. The number of pyridine rings is 1. The predicted octanol–water partition coefficient (Wildman–Crippen LogP) is 3.79. The molecule has 0 bridgehead atoms. The Bertz CT molecular complexity index is 1200. The topological polar surface area (TPSA) is 77.6 Å². The van der Waals surface area contributed by atoms with Crippen LogP contribution in [0.2, 0.25) is 0 Å². The standard InChI is InChI=1S/C19H18F2N6OS/c1-3-19(20,21)14-7-8-22-17(9-14)27-12-15(11-24-27)29(28)25-16-6-4-5-13-10-23-26(2)18(13)16/h4-12,25H,3H2,1-2H3. The van der Waals surface area contributed by atoms with Gasteiger partial charge >= 0.3 is 0 Å². The Morgan fingerprint density at radius 1 is 1.21 bits per heavy atom. The minimum absolute atomic E-state index is 0.135. The maximum atomic E-state index is 14.0. The second kappa shape index (κ2) is 7.36. The first-order chi connectivity index (χ1) is 13.9. The van der Waals surface area contributed by atoms with Gasteiger partial charge in [-0.15, -0.1) is 0 Å². The molecule has 150 valence electrons. The third kappa shape index (κ3) is 3.63. The van der Waals surface area contributed by atoms with Crippen LogP contribution in [0.4, 0.5) is 14.5 Å². The lowest BCUT2D eigenvalue weighted by Crippen LogP contribution is -2.12. The van der Waals surface area contributed by atoms with Crippen LogP contribution in [0, 0.1) is 0 Å². The Balaban J connectivity index is 1.60. The van der Waals surface area contributed by atoms with E-state index in [1.165, 1.54) is 42.3 Å². The number of nitrogens with zero attached hydrogens (tertiary/aromatic N) is 5. The Morgan fingerprint density at radius 2 is 2.03 bits per heavy atom. The van der Waals surface area contributed by atoms with E-state index in [2.05, 4.69) is 19.9 Å². The van der Waals surface area contributed by atoms with Crippen LogP contribution in [0.1, 0.15) is 18.9 Å². The number of halogens is 2. The molecule has 29 heavy (non-hydrogen) atoms. The third-order valence-electron chi connectivity index (χ3n) is 4.58. The van der Waals surface area contributed by atoms with Crippen molar-refractivity contribution in [2.75, 3.05) is 4.72 Å². The third-order valence-corrected chi connectivity index (χ3v) is 5.63. The SMILES string of the molecule is CCC(F)(F)c1ccnc(-n2cc(S(=O)Nc3cccc4cnn(C)c34)cn2)c1. The molecule has 0 radical (unpaired) electrons. The summed E-state index contributed by atoms with van der Waals surface area (Å²) in [7, 11) is 0.195. The lowest BCUT2D eigenvalue weighted by atomic mass is 10.1. The zero-order valence-corrected chi connectivity index (χ0v) is 16.5. The van der Waals surface area contributed by atoms with Crippen LogP contribution >= 0.6 is 0 Å². The number of nitrogens with one attached hydrogen (secondary N) is 1. The van der Waals surface area contributed by atoms with Crippen molar-refractivity contribution in [3.63, 3.8) is 0 Å². The maximum absolute atomic E-state index is 14.0. The van der Waals surface area contributed by atoms with Crippen LogP contribution in [0.25, 0.3) is 16.7 Å². The first-order valence-electron chi connectivity index (χ1n) is 8.87. The largest absolute Gasteiger partial charge is 0.299 e. The summed E-state index contributed by atoms with van der Waals surface area (Å²) in [6, 6.07) is 8.14. The highest BCUT2D eigenvalue weighted by Crippen LogP contribution is 2.31. The van der Waals surface area contributed by atoms with E-state index in [9.17, 15) is 13.0 Å². The highest BCUT2D eigenvalue weighted by atomic mass is 32.2. The number of alkyl halides is 2. The number of fused-ring (bicyclic) bond motifs is 1. The van der Waals surface area contributed by atoms with Crippen molar-refractivity contribution in [1.82, 2.24) is 24.5 Å². The molecule has 0 spiro atoms. The number of para-hydroxylation sites is 1. The minimum atomic E-state index is -2.94. The lowest BCUT2D eigenvalue weighted by molar-refractivity contribution is -0.00838. The fourth-order valence-corrected chi connectivity index (χ4v) is 3.80. The van der Waals surface area contributed by atoms with Gasteiger partial charge in [-0.05, 0) is 18.2 Å². The fraction of sp³-hybridized carbons (Fsp3) is 0.211. The van der Waals surface area contributed by atoms with Crippen molar-refractivity contribution in [1.29, 1.82) is 0 Å². The van der Waals surface area contributed by atoms with E-state index < -0.39 is 16.9 Å². The smallest absolute Gasteiger partial charge is 0.273 e. The molecule has 1 unspecified atom stereocenters. The van der Waals surface area contributed by atoms with Gasteiger partial charge in [-0.1, -0.05) is 19.1 Å². The summed E-state index contributed by atoms with van der Waals surface area (Å²) in [4.78, 5) is 4.48. The van der Waals surface area contributed by atoms with Crippen molar-refractivity contribution < 1.29 is 13.0 Å². The highest BCUT2D eigenvalue weighted by molar-refractivity contribution is 7.86. The number of hydrogen-bond acceptors (Lipinski definition) is 4. The normalized spacial score (nSPS) is 13.0. The highest BCUT2D eigenvalue weighted by Gasteiger charge is 2.29. The molecule has 10 heteroatoms. The minimum Gasteiger partial charge on any atom is -0.299 e. The Kier molecular flexibility index (Phi) is 4.87. The average molecular weight is 416 g/mol. The van der Waals surface area contributed by atoms with Crippen LogP contribution in [0.15, 0.2) is 60.0 Å². The van der Waals surface area contributed by atoms with E-state index in [1.54, 1.807) is 17.9 Å². The Hall–Kier alpha value is -3.14. The van der Waals surface area contributed by atoms with Gasteiger partial charge in [0.05, 0.1) is 34.7 Å². The molecule has 0 saturated heterocycles. The van der Waals surface area contributed by atoms with Crippen LogP contribution in [-0.2, 0) is 24.0 Å². The van der Waals surface area contributed by atoms with Gasteiger partial charge in [0.25, 0.3) is 5.92 Å². The number of benzene rings is 1. The fourth-order valence-electron chi connectivity index (χ4n) is 2.98. The second-order valence-corrected chi connectivity index (χ2v) is 7.68. The molecule has 1 aromatic carbocycles. The summed E-state index contributed by atoms with van der Waals surface area (Å²) >= 11 is 0. The lowest BCUT2D eigenvalue weighted by Gasteiger charge is -2.14. The van der Waals surface area contributed by atoms with Crippen molar-refractivity contribution in [3.05, 3.63) is 60.7 Å². The van der Waals surface area contributed by atoms with E-state index in [0.29, 0.717) is 10.6 Å². The molecule has 0 fully saturated rings. The molecule has 0 aliphatic carbocycles. The van der Waals surface area contributed by atoms with E-state index in [0.717, 1.165) is 10.9 Å². The Labute approximate surface area is 168 Å². The first kappa shape index (κ1) is 19.2. The number of rotatable bonds is 6. The molecule has 4 rings (SSSR count). The van der Waals surface area contributed by atoms with Gasteiger partial charge in [0, 0.05) is 30.6 Å². The molecule has 0 amide bonds. The summed E-state index contributed by atoms with van der Waals surface area (Å²) in [5.41, 5.74) is 1.35. The van der Waals surface area contributed by atoms with E-state index in [1.807, 2.05) is 18.2 Å². The average Bonchev–Trinajstić information content (AvgIpc) is 3.36. The van der Waals surface area contributed by atoms with Gasteiger partial charge in [0.15, 0.2) is 16.8 Å². The van der Waals surface area contributed by atoms with Crippen molar-refractivity contribution in [2.45, 2.75) is 24.2 Å². The molecular formula is C19H18F2N6OS. The van der Waals surface area contributed by atoms with Crippen LogP contribution in [0.3, 0.4) is 0 Å². The quantitative estimate of drug-likeness (QED) is 0.519. The van der Waals surface area contributed by atoms with Crippen molar-refractivity contribution in [3.8, 4) is 5.82 Å². The molecule has 4 aromatic rings. The monoisotopic (exact) mass is 416 g/mol. The number of aromatic nitrogens is 5. The van der Waals surface area contributed by atoms with Crippen LogP contribution in [-0.4, -0.2) is 28.8 Å². The molecule has 3 heterocycles. The number of hydrogen-bond donors (Lipinski definition) is 1. The van der Waals surface area contributed by atoms with Gasteiger partial charge in [0.2, 0.25) is 0 Å².